The molecule has 2 amide bonds. The number of amides is 2. The van der Waals surface area contributed by atoms with Gasteiger partial charge in [-0.1, -0.05) is 18.2 Å². The molecule has 0 saturated heterocycles. The van der Waals surface area contributed by atoms with Crippen LogP contribution >= 0.6 is 0 Å². The molecule has 2 aromatic carbocycles. The first-order chi connectivity index (χ1) is 11.8. The lowest BCUT2D eigenvalue weighted by atomic mass is 10.1. The highest BCUT2D eigenvalue weighted by Crippen LogP contribution is 2.27. The average molecular weight is 342 g/mol. The van der Waals surface area contributed by atoms with Crippen molar-refractivity contribution in [3.8, 4) is 0 Å². The number of rotatable bonds is 4. The zero-order valence-corrected chi connectivity index (χ0v) is 14.1. The number of carbonyl (C=O) groups excluding carboxylic acids is 2. The number of hydrazine groups is 1. The van der Waals surface area contributed by atoms with Crippen LogP contribution in [0.4, 0.5) is 11.4 Å². The summed E-state index contributed by atoms with van der Waals surface area (Å²) >= 11 is 0. The number of nitrogens with zero attached hydrogens (tertiary/aromatic N) is 2. The van der Waals surface area contributed by atoms with Crippen molar-refractivity contribution in [3.05, 3.63) is 69.3 Å². The van der Waals surface area contributed by atoms with E-state index in [1.54, 1.807) is 50.2 Å². The SMILES string of the molecule is Cc1ccccc1C(=O)NNC(=O)c1ccc(N(C)C)c([N+](=O)[O-])c1. The number of benzene rings is 2. The van der Waals surface area contributed by atoms with E-state index in [1.165, 1.54) is 18.2 Å². The monoisotopic (exact) mass is 342 g/mol. The first kappa shape index (κ1) is 17.9. The van der Waals surface area contributed by atoms with Crippen LogP contribution < -0.4 is 15.8 Å². The predicted octanol–water partition coefficient (Wildman–Crippen LogP) is 2.04. The van der Waals surface area contributed by atoms with Crippen LogP contribution in [0, 0.1) is 17.0 Å². The predicted molar refractivity (Wildman–Crippen MR) is 93.5 cm³/mol. The molecule has 130 valence electrons. The molecule has 25 heavy (non-hydrogen) atoms. The fraction of sp³-hybridized carbons (Fsp3) is 0.176. The summed E-state index contributed by atoms with van der Waals surface area (Å²) in [6.07, 6.45) is 0. The first-order valence-electron chi connectivity index (χ1n) is 7.43. The minimum Gasteiger partial charge on any atom is -0.372 e. The molecule has 2 aromatic rings. The van der Waals surface area contributed by atoms with E-state index in [9.17, 15) is 19.7 Å². The molecule has 0 radical (unpaired) electrons. The molecule has 0 bridgehead atoms. The summed E-state index contributed by atoms with van der Waals surface area (Å²) in [4.78, 5) is 36.4. The van der Waals surface area contributed by atoms with Crippen LogP contribution in [0.1, 0.15) is 26.3 Å². The molecule has 0 fully saturated rings. The molecule has 0 aliphatic carbocycles. The first-order valence-corrected chi connectivity index (χ1v) is 7.43. The van der Waals surface area contributed by atoms with Crippen molar-refractivity contribution in [2.24, 2.45) is 0 Å². The van der Waals surface area contributed by atoms with Crippen LogP contribution in [0.25, 0.3) is 0 Å². The lowest BCUT2D eigenvalue weighted by Gasteiger charge is -2.13. The highest BCUT2D eigenvalue weighted by Gasteiger charge is 2.19. The number of nitrogens with one attached hydrogen (secondary N) is 2. The molecular weight excluding hydrogens is 324 g/mol. The number of nitro groups is 1. The van der Waals surface area contributed by atoms with Crippen LogP contribution in [-0.2, 0) is 0 Å². The Morgan fingerprint density at radius 3 is 2.28 bits per heavy atom. The average Bonchev–Trinajstić information content (AvgIpc) is 2.59. The van der Waals surface area contributed by atoms with Crippen molar-refractivity contribution in [3.63, 3.8) is 0 Å². The molecule has 0 aromatic heterocycles. The number of hydrogen-bond donors (Lipinski definition) is 2. The molecule has 0 unspecified atom stereocenters. The number of nitro benzene ring substituents is 1. The van der Waals surface area contributed by atoms with Crippen molar-refractivity contribution < 1.29 is 14.5 Å². The van der Waals surface area contributed by atoms with Gasteiger partial charge in [-0.3, -0.25) is 30.6 Å². The molecule has 8 nitrogen and oxygen atoms in total. The maximum atomic E-state index is 12.2. The van der Waals surface area contributed by atoms with Gasteiger partial charge in [0.05, 0.1) is 4.92 Å². The van der Waals surface area contributed by atoms with Gasteiger partial charge in [0, 0.05) is 31.3 Å². The minimum atomic E-state index is -0.643. The molecule has 0 spiro atoms. The molecule has 0 atom stereocenters. The second-order valence-electron chi connectivity index (χ2n) is 5.58. The van der Waals surface area contributed by atoms with Crippen LogP contribution in [0.2, 0.25) is 0 Å². The molecule has 8 heteroatoms. The van der Waals surface area contributed by atoms with Gasteiger partial charge in [0.15, 0.2) is 0 Å². The molecule has 2 rings (SSSR count). The Balaban J connectivity index is 2.13. The van der Waals surface area contributed by atoms with Crippen molar-refractivity contribution in [2.75, 3.05) is 19.0 Å². The maximum absolute atomic E-state index is 12.2. The van der Waals surface area contributed by atoms with Crippen molar-refractivity contribution >= 4 is 23.2 Å². The highest BCUT2D eigenvalue weighted by atomic mass is 16.6. The maximum Gasteiger partial charge on any atom is 0.293 e. The van der Waals surface area contributed by atoms with Crippen LogP contribution in [0.3, 0.4) is 0 Å². The number of carbonyl (C=O) groups is 2. The van der Waals surface area contributed by atoms with Crippen LogP contribution in [-0.4, -0.2) is 30.8 Å². The summed E-state index contributed by atoms with van der Waals surface area (Å²) < 4.78 is 0. The third-order valence-corrected chi connectivity index (χ3v) is 3.60. The summed E-state index contributed by atoms with van der Waals surface area (Å²) in [5, 5.41) is 11.2. The summed E-state index contributed by atoms with van der Waals surface area (Å²) in [6, 6.07) is 11.0. The summed E-state index contributed by atoms with van der Waals surface area (Å²) in [6.45, 7) is 1.78. The summed E-state index contributed by atoms with van der Waals surface area (Å²) in [5.41, 5.74) is 6.02. The molecule has 0 aliphatic heterocycles. The lowest BCUT2D eigenvalue weighted by Crippen LogP contribution is -2.41. The van der Waals surface area contributed by atoms with Gasteiger partial charge in [-0.2, -0.15) is 0 Å². The van der Waals surface area contributed by atoms with Gasteiger partial charge in [0.25, 0.3) is 17.5 Å². The van der Waals surface area contributed by atoms with Gasteiger partial charge in [-0.25, -0.2) is 0 Å². The van der Waals surface area contributed by atoms with Gasteiger partial charge in [-0.05, 0) is 30.7 Å². The van der Waals surface area contributed by atoms with Gasteiger partial charge >= 0.3 is 0 Å². The topological polar surface area (TPSA) is 105 Å². The van der Waals surface area contributed by atoms with E-state index in [0.29, 0.717) is 11.3 Å². The Hall–Kier alpha value is -3.42. The van der Waals surface area contributed by atoms with E-state index >= 15 is 0 Å². The smallest absolute Gasteiger partial charge is 0.293 e. The Labute approximate surface area is 144 Å². The minimum absolute atomic E-state index is 0.0717. The van der Waals surface area contributed by atoms with E-state index in [4.69, 9.17) is 0 Å². The van der Waals surface area contributed by atoms with Gasteiger partial charge in [-0.15, -0.1) is 0 Å². The Bertz CT molecular complexity index is 833. The number of aryl methyl sites for hydroxylation is 1. The molecule has 2 N–H and O–H groups in total. The van der Waals surface area contributed by atoms with Crippen LogP contribution in [0.15, 0.2) is 42.5 Å². The highest BCUT2D eigenvalue weighted by molar-refractivity contribution is 6.00. The van der Waals surface area contributed by atoms with E-state index in [2.05, 4.69) is 10.9 Å². The normalized spacial score (nSPS) is 10.0. The van der Waals surface area contributed by atoms with E-state index in [-0.39, 0.29) is 11.3 Å². The zero-order chi connectivity index (χ0) is 18.6. The zero-order valence-electron chi connectivity index (χ0n) is 14.1. The Kier molecular flexibility index (Phi) is 5.33. The number of hydrogen-bond acceptors (Lipinski definition) is 5. The van der Waals surface area contributed by atoms with Gasteiger partial charge < -0.3 is 4.90 Å². The van der Waals surface area contributed by atoms with Crippen molar-refractivity contribution in [1.29, 1.82) is 0 Å². The quantitative estimate of drug-likeness (QED) is 0.653. The fourth-order valence-corrected chi connectivity index (χ4v) is 2.27. The largest absolute Gasteiger partial charge is 0.372 e. The Morgan fingerprint density at radius 1 is 1.04 bits per heavy atom. The number of anilines is 1. The standard InChI is InChI=1S/C17H18N4O4/c1-11-6-4-5-7-13(11)17(23)19-18-16(22)12-8-9-14(20(2)3)15(10-12)21(24)25/h4-10H,1-3H3,(H,18,22)(H,19,23). The van der Waals surface area contributed by atoms with E-state index in [1.807, 2.05) is 0 Å². The second-order valence-corrected chi connectivity index (χ2v) is 5.58. The van der Waals surface area contributed by atoms with E-state index in [0.717, 1.165) is 5.56 Å². The molecule has 0 heterocycles. The summed E-state index contributed by atoms with van der Waals surface area (Å²) in [5.74, 6) is -1.11. The fourth-order valence-electron chi connectivity index (χ4n) is 2.27. The molecule has 0 aliphatic rings. The Morgan fingerprint density at radius 2 is 1.68 bits per heavy atom. The van der Waals surface area contributed by atoms with Crippen molar-refractivity contribution in [2.45, 2.75) is 6.92 Å². The van der Waals surface area contributed by atoms with E-state index < -0.39 is 16.7 Å². The molecule has 0 saturated carbocycles. The summed E-state index contributed by atoms with van der Waals surface area (Å²) in [7, 11) is 3.34. The van der Waals surface area contributed by atoms with Crippen LogP contribution in [0.5, 0.6) is 0 Å². The second kappa shape index (κ2) is 7.43. The third kappa shape index (κ3) is 4.11. The van der Waals surface area contributed by atoms with Gasteiger partial charge in [0.2, 0.25) is 0 Å². The lowest BCUT2D eigenvalue weighted by molar-refractivity contribution is -0.384. The van der Waals surface area contributed by atoms with Crippen molar-refractivity contribution in [1.82, 2.24) is 10.9 Å². The molecular formula is C17H18N4O4. The van der Waals surface area contributed by atoms with Gasteiger partial charge in [0.1, 0.15) is 5.69 Å². The third-order valence-electron chi connectivity index (χ3n) is 3.60.